The number of hydrogen-bond donors (Lipinski definition) is 0. The monoisotopic (exact) mass is 411 g/mol. The average Bonchev–Trinajstić information content (AvgIpc) is 3.35. The third-order valence-electron chi connectivity index (χ3n) is 5.16. The van der Waals surface area contributed by atoms with Gasteiger partial charge >= 0.3 is 0 Å². The molecule has 0 unspecified atom stereocenters. The van der Waals surface area contributed by atoms with E-state index in [4.69, 9.17) is 0 Å². The first-order valence-electron chi connectivity index (χ1n) is 8.82. The van der Waals surface area contributed by atoms with Crippen LogP contribution in [0, 0.1) is 0 Å². The molecule has 0 bridgehead atoms. The molecule has 0 radical (unpaired) electrons. The summed E-state index contributed by atoms with van der Waals surface area (Å²) in [6, 6.07) is 13.1. The summed E-state index contributed by atoms with van der Waals surface area (Å²) in [5.74, 6) is -0.0683. The van der Waals surface area contributed by atoms with Crippen LogP contribution < -0.4 is 0 Å². The van der Waals surface area contributed by atoms with Gasteiger partial charge in [-0.1, -0.05) is 30.3 Å². The highest BCUT2D eigenvalue weighted by Gasteiger charge is 2.35. The van der Waals surface area contributed by atoms with Crippen molar-refractivity contribution in [2.75, 3.05) is 6.54 Å². The Hall–Kier alpha value is -2.62. The van der Waals surface area contributed by atoms with E-state index in [1.807, 2.05) is 37.6 Å². The molecule has 2 aromatic heterocycles. The highest BCUT2D eigenvalue weighted by Crippen LogP contribution is 2.36. The first-order chi connectivity index (χ1) is 13.5. The molecule has 0 spiro atoms. The van der Waals surface area contributed by atoms with Crippen molar-refractivity contribution in [3.05, 3.63) is 71.5 Å². The zero-order chi connectivity index (χ0) is 19.3. The molecule has 2 aromatic carbocycles. The summed E-state index contributed by atoms with van der Waals surface area (Å²) in [5.41, 5.74) is 4.20. The van der Waals surface area contributed by atoms with Crippen LogP contribution in [0.3, 0.4) is 0 Å². The maximum atomic E-state index is 13.5. The SMILES string of the molecule is Cn1cc([C@@H]2CN(S(=O)(=O)c3cccc4nsnc34)Cc3ccccc32)cn1. The number of aromatic nitrogens is 4. The van der Waals surface area contributed by atoms with Gasteiger partial charge in [0.2, 0.25) is 10.0 Å². The van der Waals surface area contributed by atoms with Crippen molar-refractivity contribution in [3.8, 4) is 0 Å². The molecule has 3 heterocycles. The molecule has 28 heavy (non-hydrogen) atoms. The Kier molecular flexibility index (Phi) is 4.04. The van der Waals surface area contributed by atoms with E-state index in [0.717, 1.165) is 28.4 Å². The van der Waals surface area contributed by atoms with Crippen LogP contribution in [0.2, 0.25) is 0 Å². The molecule has 9 heteroatoms. The van der Waals surface area contributed by atoms with E-state index in [1.54, 1.807) is 27.2 Å². The molecule has 0 amide bonds. The molecular weight excluding hydrogens is 394 g/mol. The fraction of sp³-hybridized carbons (Fsp3) is 0.211. The predicted molar refractivity (Wildman–Crippen MR) is 107 cm³/mol. The van der Waals surface area contributed by atoms with Gasteiger partial charge in [0.25, 0.3) is 0 Å². The lowest BCUT2D eigenvalue weighted by Gasteiger charge is -2.33. The van der Waals surface area contributed by atoms with Crippen molar-refractivity contribution in [1.82, 2.24) is 22.8 Å². The summed E-state index contributed by atoms with van der Waals surface area (Å²) in [6.45, 7) is 0.697. The van der Waals surface area contributed by atoms with E-state index >= 15 is 0 Å². The standard InChI is InChI=1S/C19H17N5O2S2/c1-23-10-14(9-20-23)16-12-24(11-13-5-2-3-6-15(13)16)28(25,26)18-8-4-7-17-19(18)22-27-21-17/h2-10,16H,11-12H2,1H3/t16-/m0/s1. The van der Waals surface area contributed by atoms with Crippen molar-refractivity contribution in [3.63, 3.8) is 0 Å². The molecule has 0 aliphatic carbocycles. The molecule has 4 aromatic rings. The molecule has 0 N–H and O–H groups in total. The van der Waals surface area contributed by atoms with Crippen LogP contribution in [0.4, 0.5) is 0 Å². The lowest BCUT2D eigenvalue weighted by Crippen LogP contribution is -2.38. The molecule has 1 atom stereocenters. The van der Waals surface area contributed by atoms with E-state index in [0.29, 0.717) is 24.1 Å². The summed E-state index contributed by atoms with van der Waals surface area (Å²) in [7, 11) is -1.86. The molecule has 142 valence electrons. The molecular formula is C19H17N5O2S2. The van der Waals surface area contributed by atoms with Crippen LogP contribution in [0.1, 0.15) is 22.6 Å². The van der Waals surface area contributed by atoms with Crippen LogP contribution in [0.25, 0.3) is 11.0 Å². The number of nitrogens with zero attached hydrogens (tertiary/aromatic N) is 5. The third kappa shape index (κ3) is 2.74. The van der Waals surface area contributed by atoms with E-state index in [2.05, 4.69) is 19.9 Å². The van der Waals surface area contributed by atoms with Gasteiger partial charge in [-0.15, -0.1) is 0 Å². The van der Waals surface area contributed by atoms with Crippen molar-refractivity contribution < 1.29 is 8.42 Å². The maximum Gasteiger partial charge on any atom is 0.245 e. The van der Waals surface area contributed by atoms with Crippen LogP contribution in [0.15, 0.2) is 59.8 Å². The summed E-state index contributed by atoms with van der Waals surface area (Å²) < 4.78 is 38.7. The van der Waals surface area contributed by atoms with Gasteiger partial charge in [-0.05, 0) is 28.8 Å². The summed E-state index contributed by atoms with van der Waals surface area (Å²) in [6.07, 6.45) is 3.76. The summed E-state index contributed by atoms with van der Waals surface area (Å²) in [5, 5.41) is 4.28. The van der Waals surface area contributed by atoms with Gasteiger partial charge in [0.1, 0.15) is 15.9 Å². The number of aryl methyl sites for hydroxylation is 1. The van der Waals surface area contributed by atoms with Crippen LogP contribution >= 0.6 is 11.7 Å². The zero-order valence-corrected chi connectivity index (χ0v) is 16.7. The Morgan fingerprint density at radius 3 is 2.79 bits per heavy atom. The first-order valence-corrected chi connectivity index (χ1v) is 11.0. The van der Waals surface area contributed by atoms with Crippen molar-refractivity contribution in [1.29, 1.82) is 0 Å². The van der Waals surface area contributed by atoms with Crippen molar-refractivity contribution in [2.45, 2.75) is 17.4 Å². The van der Waals surface area contributed by atoms with Gasteiger partial charge in [-0.25, -0.2) is 8.42 Å². The van der Waals surface area contributed by atoms with Gasteiger partial charge in [0.15, 0.2) is 0 Å². The molecule has 7 nitrogen and oxygen atoms in total. The van der Waals surface area contributed by atoms with E-state index in [-0.39, 0.29) is 10.8 Å². The van der Waals surface area contributed by atoms with Crippen LogP contribution in [-0.4, -0.2) is 37.8 Å². The Bertz CT molecular complexity index is 1280. The Labute approximate surface area is 166 Å². The minimum absolute atomic E-state index is 0.0683. The second-order valence-electron chi connectivity index (χ2n) is 6.88. The van der Waals surface area contributed by atoms with Crippen LogP contribution in [0.5, 0.6) is 0 Å². The molecule has 0 saturated heterocycles. The van der Waals surface area contributed by atoms with Crippen molar-refractivity contribution in [2.24, 2.45) is 7.05 Å². The average molecular weight is 412 g/mol. The first kappa shape index (κ1) is 17.5. The van der Waals surface area contributed by atoms with E-state index < -0.39 is 10.0 Å². The minimum Gasteiger partial charge on any atom is -0.276 e. The number of sulfonamides is 1. The second-order valence-corrected chi connectivity index (χ2v) is 9.32. The molecule has 0 fully saturated rings. The number of hydrogen-bond acceptors (Lipinski definition) is 6. The van der Waals surface area contributed by atoms with E-state index in [1.165, 1.54) is 0 Å². The van der Waals surface area contributed by atoms with Crippen LogP contribution in [-0.2, 0) is 23.6 Å². The van der Waals surface area contributed by atoms with E-state index in [9.17, 15) is 8.42 Å². The Morgan fingerprint density at radius 1 is 1.11 bits per heavy atom. The lowest BCUT2D eigenvalue weighted by molar-refractivity contribution is 0.372. The van der Waals surface area contributed by atoms with Crippen molar-refractivity contribution >= 4 is 32.8 Å². The maximum absolute atomic E-state index is 13.5. The van der Waals surface area contributed by atoms with Gasteiger partial charge in [0.05, 0.1) is 17.9 Å². The topological polar surface area (TPSA) is 81.0 Å². The smallest absolute Gasteiger partial charge is 0.245 e. The molecule has 1 aliphatic heterocycles. The third-order valence-corrected chi connectivity index (χ3v) is 7.54. The zero-order valence-electron chi connectivity index (χ0n) is 15.1. The largest absolute Gasteiger partial charge is 0.276 e. The fourth-order valence-electron chi connectivity index (χ4n) is 3.79. The number of fused-ring (bicyclic) bond motifs is 2. The highest BCUT2D eigenvalue weighted by molar-refractivity contribution is 7.89. The quantitative estimate of drug-likeness (QED) is 0.518. The summed E-state index contributed by atoms with van der Waals surface area (Å²) >= 11 is 1.02. The molecule has 5 rings (SSSR count). The molecule has 0 saturated carbocycles. The Balaban J connectivity index is 1.62. The second kappa shape index (κ2) is 6.47. The number of benzene rings is 2. The lowest BCUT2D eigenvalue weighted by atomic mass is 9.87. The van der Waals surface area contributed by atoms with Gasteiger partial charge in [-0.3, -0.25) is 4.68 Å². The number of rotatable bonds is 3. The normalized spacial score (nSPS) is 17.7. The fourth-order valence-corrected chi connectivity index (χ4v) is 5.98. The van der Waals surface area contributed by atoms with Gasteiger partial charge < -0.3 is 0 Å². The summed E-state index contributed by atoms with van der Waals surface area (Å²) in [4.78, 5) is 0.211. The minimum atomic E-state index is -3.73. The van der Waals surface area contributed by atoms with Gasteiger partial charge in [-0.2, -0.15) is 18.2 Å². The van der Waals surface area contributed by atoms with Gasteiger partial charge in [0, 0.05) is 32.3 Å². The highest BCUT2D eigenvalue weighted by atomic mass is 32.2. The molecule has 1 aliphatic rings. The predicted octanol–water partition coefficient (Wildman–Crippen LogP) is 2.76. The Morgan fingerprint density at radius 2 is 1.96 bits per heavy atom.